The highest BCUT2D eigenvalue weighted by Crippen LogP contribution is 2.09. The fraction of sp³-hybridized carbons (Fsp3) is 0.400. The predicted molar refractivity (Wildman–Crippen MR) is 65.2 cm³/mol. The zero-order valence-corrected chi connectivity index (χ0v) is 9.73. The van der Waals surface area contributed by atoms with Gasteiger partial charge in [-0.3, -0.25) is 0 Å². The number of thiocarbonyl (C=S) groups is 1. The number of hydrogen-bond acceptors (Lipinski definition) is 4. The SMILES string of the molecule is COCCNc1cc(C(N)=S)cc(C)n1. The third-order valence-electron chi connectivity index (χ3n) is 1.85. The summed E-state index contributed by atoms with van der Waals surface area (Å²) in [4.78, 5) is 4.69. The van der Waals surface area contributed by atoms with Crippen LogP contribution in [0, 0.1) is 6.92 Å². The highest BCUT2D eigenvalue weighted by molar-refractivity contribution is 7.80. The molecule has 0 bridgehead atoms. The first-order chi connectivity index (χ1) is 7.13. The van der Waals surface area contributed by atoms with Crippen LogP contribution in [0.15, 0.2) is 12.1 Å². The van der Waals surface area contributed by atoms with Crippen LogP contribution in [0.4, 0.5) is 5.82 Å². The molecule has 0 aliphatic heterocycles. The number of aromatic nitrogens is 1. The molecule has 0 saturated heterocycles. The molecule has 0 fully saturated rings. The Morgan fingerprint density at radius 3 is 2.93 bits per heavy atom. The van der Waals surface area contributed by atoms with E-state index in [9.17, 15) is 0 Å². The molecule has 0 atom stereocenters. The zero-order valence-electron chi connectivity index (χ0n) is 8.91. The molecule has 5 heteroatoms. The van der Waals surface area contributed by atoms with Crippen molar-refractivity contribution in [3.8, 4) is 0 Å². The molecule has 0 unspecified atom stereocenters. The van der Waals surface area contributed by atoms with Crippen molar-refractivity contribution in [2.24, 2.45) is 5.73 Å². The Labute approximate surface area is 94.8 Å². The van der Waals surface area contributed by atoms with Crippen molar-refractivity contribution < 1.29 is 4.74 Å². The fourth-order valence-corrected chi connectivity index (χ4v) is 1.30. The van der Waals surface area contributed by atoms with Crippen LogP contribution in [-0.2, 0) is 4.74 Å². The van der Waals surface area contributed by atoms with Crippen molar-refractivity contribution in [1.29, 1.82) is 0 Å². The molecule has 1 aromatic heterocycles. The van der Waals surface area contributed by atoms with Gasteiger partial charge in [-0.05, 0) is 19.1 Å². The third-order valence-corrected chi connectivity index (χ3v) is 2.09. The van der Waals surface area contributed by atoms with Crippen LogP contribution >= 0.6 is 12.2 Å². The summed E-state index contributed by atoms with van der Waals surface area (Å²) in [5.74, 6) is 0.773. The van der Waals surface area contributed by atoms with E-state index in [1.165, 1.54) is 0 Å². The molecule has 0 radical (unpaired) electrons. The van der Waals surface area contributed by atoms with Gasteiger partial charge in [0.25, 0.3) is 0 Å². The summed E-state index contributed by atoms with van der Waals surface area (Å²) in [6, 6.07) is 3.70. The largest absolute Gasteiger partial charge is 0.389 e. The molecule has 4 nitrogen and oxygen atoms in total. The van der Waals surface area contributed by atoms with Crippen molar-refractivity contribution in [3.05, 3.63) is 23.4 Å². The van der Waals surface area contributed by atoms with Crippen molar-refractivity contribution >= 4 is 23.0 Å². The number of rotatable bonds is 5. The van der Waals surface area contributed by atoms with Gasteiger partial charge in [-0.15, -0.1) is 0 Å². The average molecular weight is 225 g/mol. The molecule has 15 heavy (non-hydrogen) atoms. The molecule has 0 amide bonds. The van der Waals surface area contributed by atoms with Gasteiger partial charge >= 0.3 is 0 Å². The van der Waals surface area contributed by atoms with Crippen LogP contribution in [0.1, 0.15) is 11.3 Å². The number of pyridine rings is 1. The summed E-state index contributed by atoms with van der Waals surface area (Å²) < 4.78 is 4.93. The van der Waals surface area contributed by atoms with E-state index in [1.54, 1.807) is 7.11 Å². The molecular weight excluding hydrogens is 210 g/mol. The number of anilines is 1. The van der Waals surface area contributed by atoms with Crippen molar-refractivity contribution in [3.63, 3.8) is 0 Å². The van der Waals surface area contributed by atoms with Gasteiger partial charge in [0.15, 0.2) is 0 Å². The number of hydrogen-bond donors (Lipinski definition) is 2. The molecule has 1 aromatic rings. The second-order valence-electron chi connectivity index (χ2n) is 3.17. The molecule has 0 aromatic carbocycles. The van der Waals surface area contributed by atoms with Gasteiger partial charge in [0.2, 0.25) is 0 Å². The second-order valence-corrected chi connectivity index (χ2v) is 3.61. The van der Waals surface area contributed by atoms with E-state index in [4.69, 9.17) is 22.7 Å². The van der Waals surface area contributed by atoms with E-state index in [-0.39, 0.29) is 0 Å². The van der Waals surface area contributed by atoms with Crippen LogP contribution in [0.3, 0.4) is 0 Å². The monoisotopic (exact) mass is 225 g/mol. The normalized spacial score (nSPS) is 10.0. The lowest BCUT2D eigenvalue weighted by Crippen LogP contribution is -2.13. The number of nitrogens with zero attached hydrogens (tertiary/aromatic N) is 1. The smallest absolute Gasteiger partial charge is 0.126 e. The molecule has 1 heterocycles. The lowest BCUT2D eigenvalue weighted by Gasteiger charge is -2.07. The minimum Gasteiger partial charge on any atom is -0.389 e. The molecule has 0 saturated carbocycles. The second kappa shape index (κ2) is 5.63. The standard InChI is InChI=1S/C10H15N3OS/c1-7-5-8(10(11)15)6-9(13-7)12-3-4-14-2/h5-6H,3-4H2,1-2H3,(H2,11,15)(H,12,13). The topological polar surface area (TPSA) is 60.2 Å². The number of nitrogens with one attached hydrogen (secondary N) is 1. The third kappa shape index (κ3) is 3.81. The van der Waals surface area contributed by atoms with E-state index in [2.05, 4.69) is 10.3 Å². The van der Waals surface area contributed by atoms with Crippen LogP contribution < -0.4 is 11.1 Å². The Balaban J connectivity index is 2.75. The molecular formula is C10H15N3OS. The fourth-order valence-electron chi connectivity index (χ4n) is 1.18. The molecule has 82 valence electrons. The van der Waals surface area contributed by atoms with E-state index < -0.39 is 0 Å². The minimum atomic E-state index is 0.385. The highest BCUT2D eigenvalue weighted by atomic mass is 32.1. The number of aryl methyl sites for hydroxylation is 1. The summed E-state index contributed by atoms with van der Waals surface area (Å²) in [6.45, 7) is 3.25. The summed E-state index contributed by atoms with van der Waals surface area (Å²) in [7, 11) is 1.66. The van der Waals surface area contributed by atoms with Gasteiger partial charge in [-0.25, -0.2) is 4.98 Å². The minimum absolute atomic E-state index is 0.385. The lowest BCUT2D eigenvalue weighted by atomic mass is 10.2. The number of nitrogens with two attached hydrogens (primary N) is 1. The first kappa shape index (κ1) is 11.9. The van der Waals surface area contributed by atoms with Crippen LogP contribution in [0.5, 0.6) is 0 Å². The van der Waals surface area contributed by atoms with Gasteiger partial charge < -0.3 is 15.8 Å². The predicted octanol–water partition coefficient (Wildman–Crippen LogP) is 1.08. The van der Waals surface area contributed by atoms with Crippen LogP contribution in [0.25, 0.3) is 0 Å². The summed E-state index contributed by atoms with van der Waals surface area (Å²) in [5.41, 5.74) is 7.28. The van der Waals surface area contributed by atoms with E-state index in [0.717, 1.165) is 17.1 Å². The van der Waals surface area contributed by atoms with Crippen molar-refractivity contribution in [2.45, 2.75) is 6.92 Å². The average Bonchev–Trinajstić information content (AvgIpc) is 2.17. The van der Waals surface area contributed by atoms with Crippen LogP contribution in [0.2, 0.25) is 0 Å². The Kier molecular flexibility index (Phi) is 4.45. The molecule has 3 N–H and O–H groups in total. The quantitative estimate of drug-likeness (QED) is 0.580. The van der Waals surface area contributed by atoms with Gasteiger partial charge in [0, 0.05) is 24.9 Å². The van der Waals surface area contributed by atoms with Crippen molar-refractivity contribution in [2.75, 3.05) is 25.6 Å². The first-order valence-electron chi connectivity index (χ1n) is 4.65. The molecule has 0 aliphatic carbocycles. The summed E-state index contributed by atoms with van der Waals surface area (Å²) >= 11 is 4.91. The Morgan fingerprint density at radius 2 is 2.33 bits per heavy atom. The Hall–Kier alpha value is -1.20. The summed E-state index contributed by atoms with van der Waals surface area (Å²) in [6.07, 6.45) is 0. The van der Waals surface area contributed by atoms with E-state index in [1.807, 2.05) is 19.1 Å². The van der Waals surface area contributed by atoms with Crippen molar-refractivity contribution in [1.82, 2.24) is 4.98 Å². The number of methoxy groups -OCH3 is 1. The van der Waals surface area contributed by atoms with Crippen LogP contribution in [-0.4, -0.2) is 30.2 Å². The maximum Gasteiger partial charge on any atom is 0.126 e. The zero-order chi connectivity index (χ0) is 11.3. The first-order valence-corrected chi connectivity index (χ1v) is 5.05. The highest BCUT2D eigenvalue weighted by Gasteiger charge is 2.01. The Bertz CT molecular complexity index is 355. The van der Waals surface area contributed by atoms with Gasteiger partial charge in [0.05, 0.1) is 6.61 Å². The maximum atomic E-state index is 5.56. The molecule has 0 spiro atoms. The van der Waals surface area contributed by atoms with Gasteiger partial charge in [0.1, 0.15) is 10.8 Å². The summed E-state index contributed by atoms with van der Waals surface area (Å²) in [5, 5.41) is 3.13. The van der Waals surface area contributed by atoms with Gasteiger partial charge in [-0.1, -0.05) is 12.2 Å². The van der Waals surface area contributed by atoms with Gasteiger partial charge in [-0.2, -0.15) is 0 Å². The number of ether oxygens (including phenoxy) is 1. The van der Waals surface area contributed by atoms with E-state index in [0.29, 0.717) is 18.1 Å². The molecule has 1 rings (SSSR count). The van der Waals surface area contributed by atoms with E-state index >= 15 is 0 Å². The molecule has 0 aliphatic rings. The Morgan fingerprint density at radius 1 is 1.60 bits per heavy atom. The lowest BCUT2D eigenvalue weighted by molar-refractivity contribution is 0.210. The maximum absolute atomic E-state index is 5.56.